The summed E-state index contributed by atoms with van der Waals surface area (Å²) in [5.74, 6) is -2.02. The number of nitrogens with one attached hydrogen (secondary N) is 1. The monoisotopic (exact) mass is 467 g/mol. The van der Waals surface area contributed by atoms with Crippen LogP contribution in [-0.4, -0.2) is 95.0 Å². The zero-order valence-electron chi connectivity index (χ0n) is 18.2. The van der Waals surface area contributed by atoms with Gasteiger partial charge in [-0.25, -0.2) is 8.42 Å². The second kappa shape index (κ2) is 9.94. The van der Waals surface area contributed by atoms with Gasteiger partial charge in [-0.15, -0.1) is 0 Å². The smallest absolute Gasteiger partial charge is 0.253 e. The fraction of sp³-hybridized carbons (Fsp3) is 0.550. The number of carbonyl (C=O) groups is 3. The highest BCUT2D eigenvalue weighted by molar-refractivity contribution is 7.89. The van der Waals surface area contributed by atoms with Crippen LogP contribution >= 0.6 is 0 Å². The molecule has 0 unspecified atom stereocenters. The number of ether oxygens (including phenoxy) is 1. The zero-order chi connectivity index (χ0) is 23.5. The summed E-state index contributed by atoms with van der Waals surface area (Å²) in [6.45, 7) is 4.29. The van der Waals surface area contributed by atoms with Crippen molar-refractivity contribution in [3.05, 3.63) is 23.8 Å². The Balaban J connectivity index is 1.90. The molecule has 0 saturated carbocycles. The van der Waals surface area contributed by atoms with Gasteiger partial charge in [0.15, 0.2) is 6.04 Å². The van der Waals surface area contributed by atoms with E-state index >= 15 is 0 Å². The third kappa shape index (κ3) is 5.09. The Kier molecular flexibility index (Phi) is 7.49. The molecule has 1 atom stereocenters. The summed E-state index contributed by atoms with van der Waals surface area (Å²) in [6.07, 6.45) is 0.310. The minimum absolute atomic E-state index is 0.0817. The van der Waals surface area contributed by atoms with Crippen molar-refractivity contribution in [2.75, 3.05) is 57.9 Å². The molecular formula is C20H29N5O6S. The molecule has 3 N–H and O–H groups in total. The Bertz CT molecular complexity index is 990. The Morgan fingerprint density at radius 3 is 2.47 bits per heavy atom. The topological polar surface area (TPSA) is 142 Å². The number of nitrogens with zero attached hydrogens (tertiary/aromatic N) is 3. The highest BCUT2D eigenvalue weighted by Gasteiger charge is 2.36. The molecule has 2 heterocycles. The van der Waals surface area contributed by atoms with Crippen LogP contribution in [0.1, 0.15) is 12.5 Å². The number of sulfonamides is 1. The number of rotatable bonds is 7. The molecule has 176 valence electrons. The molecule has 1 aromatic carbocycles. The minimum Gasteiger partial charge on any atom is -0.370 e. The molecule has 2 saturated heterocycles. The summed E-state index contributed by atoms with van der Waals surface area (Å²) in [5.41, 5.74) is 6.27. The number of piperazine rings is 1. The van der Waals surface area contributed by atoms with E-state index < -0.39 is 27.9 Å². The van der Waals surface area contributed by atoms with Crippen molar-refractivity contribution in [1.82, 2.24) is 14.5 Å². The van der Waals surface area contributed by atoms with Gasteiger partial charge in [0, 0.05) is 38.4 Å². The lowest BCUT2D eigenvalue weighted by molar-refractivity contribution is -0.138. The first-order chi connectivity index (χ1) is 15.2. The highest BCUT2D eigenvalue weighted by Crippen LogP contribution is 2.29. The first-order valence-electron chi connectivity index (χ1n) is 10.4. The van der Waals surface area contributed by atoms with E-state index in [0.717, 1.165) is 0 Å². The van der Waals surface area contributed by atoms with Gasteiger partial charge in [-0.3, -0.25) is 14.4 Å². The van der Waals surface area contributed by atoms with E-state index in [-0.39, 0.29) is 17.4 Å². The molecule has 2 aliphatic rings. The van der Waals surface area contributed by atoms with Crippen LogP contribution in [0.25, 0.3) is 0 Å². The van der Waals surface area contributed by atoms with Crippen molar-refractivity contribution in [3.8, 4) is 0 Å². The van der Waals surface area contributed by atoms with Crippen LogP contribution < -0.4 is 15.4 Å². The summed E-state index contributed by atoms with van der Waals surface area (Å²) < 4.78 is 33.9. The van der Waals surface area contributed by atoms with Gasteiger partial charge in [-0.05, 0) is 31.2 Å². The SMILES string of the molecule is CCc1c(N2CCOCC2=O)cccc1S(=O)(=O)N[C@@H](C(N)=O)C(=O)N1CCN(C)CC1. The summed E-state index contributed by atoms with van der Waals surface area (Å²) in [7, 11) is -2.39. The van der Waals surface area contributed by atoms with Gasteiger partial charge in [0.1, 0.15) is 6.61 Å². The zero-order valence-corrected chi connectivity index (χ0v) is 19.1. The number of likely N-dealkylation sites (N-methyl/N-ethyl adjacent to an activating group) is 1. The maximum absolute atomic E-state index is 13.3. The van der Waals surface area contributed by atoms with Gasteiger partial charge in [0.2, 0.25) is 15.9 Å². The molecule has 0 bridgehead atoms. The Hall–Kier alpha value is -2.54. The van der Waals surface area contributed by atoms with Crippen LogP contribution in [0, 0.1) is 0 Å². The molecule has 0 aliphatic carbocycles. The second-order valence-corrected chi connectivity index (χ2v) is 9.47. The number of anilines is 1. The molecule has 12 heteroatoms. The molecule has 2 fully saturated rings. The van der Waals surface area contributed by atoms with Crippen LogP contribution in [0.5, 0.6) is 0 Å². The molecular weight excluding hydrogens is 438 g/mol. The summed E-state index contributed by atoms with van der Waals surface area (Å²) in [6, 6.07) is 2.85. The number of hydrogen-bond donors (Lipinski definition) is 2. The van der Waals surface area contributed by atoms with Gasteiger partial charge in [-0.1, -0.05) is 13.0 Å². The van der Waals surface area contributed by atoms with Crippen molar-refractivity contribution >= 4 is 33.4 Å². The van der Waals surface area contributed by atoms with Crippen molar-refractivity contribution in [1.29, 1.82) is 0 Å². The van der Waals surface area contributed by atoms with Crippen molar-refractivity contribution in [2.24, 2.45) is 5.73 Å². The Morgan fingerprint density at radius 2 is 1.88 bits per heavy atom. The fourth-order valence-corrected chi connectivity index (χ4v) is 5.33. The maximum atomic E-state index is 13.3. The van der Waals surface area contributed by atoms with Gasteiger partial charge < -0.3 is 25.2 Å². The van der Waals surface area contributed by atoms with Crippen LogP contribution in [0.3, 0.4) is 0 Å². The van der Waals surface area contributed by atoms with Crippen molar-refractivity contribution in [3.63, 3.8) is 0 Å². The standard InChI is InChI=1S/C20H29N5O6S/c1-3-14-15(25-11-12-31-13-17(25)26)5-4-6-16(14)32(29,30)22-18(19(21)27)20(28)24-9-7-23(2)8-10-24/h4-6,18,22H,3,7-13H2,1-2H3,(H2,21,27)/t18-/m0/s1. The third-order valence-corrected chi connectivity index (χ3v) is 7.15. The normalized spacial score (nSPS) is 19.1. The number of nitrogens with two attached hydrogens (primary N) is 1. The third-order valence-electron chi connectivity index (χ3n) is 5.65. The van der Waals surface area contributed by atoms with E-state index in [9.17, 15) is 22.8 Å². The van der Waals surface area contributed by atoms with Gasteiger partial charge in [0.05, 0.1) is 11.5 Å². The lowest BCUT2D eigenvalue weighted by atomic mass is 10.1. The van der Waals surface area contributed by atoms with Crippen LogP contribution in [0.4, 0.5) is 5.69 Å². The van der Waals surface area contributed by atoms with Gasteiger partial charge in [0.25, 0.3) is 11.8 Å². The molecule has 0 radical (unpaired) electrons. The molecule has 0 aromatic heterocycles. The van der Waals surface area contributed by atoms with E-state index in [1.54, 1.807) is 13.0 Å². The molecule has 32 heavy (non-hydrogen) atoms. The van der Waals surface area contributed by atoms with Crippen LogP contribution in [0.2, 0.25) is 0 Å². The van der Waals surface area contributed by atoms with Crippen molar-refractivity contribution in [2.45, 2.75) is 24.3 Å². The van der Waals surface area contributed by atoms with E-state index in [0.29, 0.717) is 57.0 Å². The molecule has 2 aliphatic heterocycles. The van der Waals surface area contributed by atoms with Crippen LogP contribution in [0.15, 0.2) is 23.1 Å². The summed E-state index contributed by atoms with van der Waals surface area (Å²) in [4.78, 5) is 42.1. The average Bonchev–Trinajstić information content (AvgIpc) is 2.77. The highest BCUT2D eigenvalue weighted by atomic mass is 32.2. The number of hydrogen-bond acceptors (Lipinski definition) is 7. The predicted molar refractivity (Wildman–Crippen MR) is 116 cm³/mol. The molecule has 11 nitrogen and oxygen atoms in total. The lowest BCUT2D eigenvalue weighted by Crippen LogP contribution is -2.58. The quantitative estimate of drug-likeness (QED) is 0.466. The number of benzene rings is 1. The number of morpholine rings is 1. The summed E-state index contributed by atoms with van der Waals surface area (Å²) in [5, 5.41) is 0. The minimum atomic E-state index is -4.30. The Labute approximate surface area is 187 Å². The molecule has 0 spiro atoms. The lowest BCUT2D eigenvalue weighted by Gasteiger charge is -2.34. The number of carbonyl (C=O) groups excluding carboxylic acids is 3. The summed E-state index contributed by atoms with van der Waals surface area (Å²) >= 11 is 0. The largest absolute Gasteiger partial charge is 0.370 e. The molecule has 1 aromatic rings. The average molecular weight is 468 g/mol. The van der Waals surface area contributed by atoms with E-state index in [1.165, 1.54) is 21.9 Å². The Morgan fingerprint density at radius 1 is 1.19 bits per heavy atom. The maximum Gasteiger partial charge on any atom is 0.253 e. The van der Waals surface area contributed by atoms with E-state index in [4.69, 9.17) is 10.5 Å². The first-order valence-corrected chi connectivity index (χ1v) is 11.9. The fourth-order valence-electron chi connectivity index (χ4n) is 3.85. The second-order valence-electron chi connectivity index (χ2n) is 7.79. The van der Waals surface area contributed by atoms with Gasteiger partial charge >= 0.3 is 0 Å². The number of primary amides is 1. The van der Waals surface area contributed by atoms with Crippen molar-refractivity contribution < 1.29 is 27.5 Å². The predicted octanol–water partition coefficient (Wildman–Crippen LogP) is -1.48. The van der Waals surface area contributed by atoms with E-state index in [1.807, 2.05) is 11.9 Å². The molecule has 3 amide bonds. The van der Waals surface area contributed by atoms with Gasteiger partial charge in [-0.2, -0.15) is 4.72 Å². The molecule has 3 rings (SSSR count). The number of amides is 3. The van der Waals surface area contributed by atoms with E-state index in [2.05, 4.69) is 4.72 Å². The van der Waals surface area contributed by atoms with Crippen LogP contribution in [-0.2, 0) is 35.6 Å². The first kappa shape index (κ1) is 24.1.